The summed E-state index contributed by atoms with van der Waals surface area (Å²) in [6, 6.07) is 59.2. The van der Waals surface area contributed by atoms with Gasteiger partial charge in [-0.15, -0.1) is 0 Å². The summed E-state index contributed by atoms with van der Waals surface area (Å²) < 4.78 is 6.48. The molecule has 0 saturated heterocycles. The normalized spacial score (nSPS) is 12.9. The van der Waals surface area contributed by atoms with Crippen molar-refractivity contribution in [2.75, 3.05) is 0 Å². The predicted octanol–water partition coefficient (Wildman–Crippen LogP) is 12.9. The lowest BCUT2D eigenvalue weighted by molar-refractivity contribution is 0.418. The van der Waals surface area contributed by atoms with E-state index in [4.69, 9.17) is 14.7 Å². The Labute approximate surface area is 313 Å². The number of aromatic nitrogens is 2. The highest BCUT2D eigenvalue weighted by atomic mass is 16.5. The summed E-state index contributed by atoms with van der Waals surface area (Å²) in [6.07, 6.45) is 0. The molecule has 0 bridgehead atoms. The molecule has 0 radical (unpaired) electrons. The topological polar surface area (TPSA) is 58.8 Å². The monoisotopic (exact) mass is 691 g/mol. The second-order valence-corrected chi connectivity index (χ2v) is 14.5. The lowest BCUT2D eigenvalue weighted by atomic mass is 9.75. The van der Waals surface area contributed by atoms with E-state index in [1.165, 1.54) is 10.8 Å². The highest BCUT2D eigenvalue weighted by Gasteiger charge is 2.34. The minimum Gasteiger partial charge on any atom is -0.457 e. The minimum absolute atomic E-state index is 0.312. The number of ether oxygens (including phenoxy) is 1. The minimum atomic E-state index is -0.312. The van der Waals surface area contributed by atoms with Crippen molar-refractivity contribution in [3.05, 3.63) is 180 Å². The van der Waals surface area contributed by atoms with Gasteiger partial charge in [-0.25, -0.2) is 9.97 Å². The van der Waals surface area contributed by atoms with Crippen LogP contribution in [0.4, 0.5) is 0 Å². The van der Waals surface area contributed by atoms with Crippen molar-refractivity contribution < 1.29 is 4.74 Å². The lowest BCUT2D eigenvalue weighted by Gasteiger charge is -2.34. The molecule has 1 aromatic heterocycles. The molecule has 8 aromatic carbocycles. The third kappa shape index (κ3) is 5.05. The quantitative estimate of drug-likeness (QED) is 0.172. The van der Waals surface area contributed by atoms with Crippen LogP contribution < -0.4 is 4.74 Å². The number of para-hydroxylation sites is 1. The molecule has 0 atom stereocenters. The molecule has 0 aliphatic carbocycles. The zero-order chi connectivity index (χ0) is 36.4. The van der Waals surface area contributed by atoms with Crippen molar-refractivity contribution >= 4 is 32.4 Å². The van der Waals surface area contributed by atoms with E-state index in [-0.39, 0.29) is 5.41 Å². The highest BCUT2D eigenvalue weighted by Crippen LogP contribution is 2.49. The van der Waals surface area contributed by atoms with E-state index in [2.05, 4.69) is 159 Å². The molecular formula is C50H33N3O. The maximum absolute atomic E-state index is 9.53. The SMILES string of the molecule is CC1(C)c2ccc(-c3cccc(-c4ccccc4-c4nc(-c5cc6ccccc6c6ccccc56)nc5ccccc45)c3)cc2Oc2ccc(C#N)cc21. The molecule has 0 N–H and O–H groups in total. The van der Waals surface area contributed by atoms with Gasteiger partial charge in [0.05, 0.1) is 22.8 Å². The number of hydrogen-bond donors (Lipinski definition) is 0. The summed E-state index contributed by atoms with van der Waals surface area (Å²) in [5.41, 5.74) is 10.7. The first-order valence-corrected chi connectivity index (χ1v) is 18.2. The van der Waals surface area contributed by atoms with Gasteiger partial charge >= 0.3 is 0 Å². The third-order valence-electron chi connectivity index (χ3n) is 11.0. The Morgan fingerprint density at radius 2 is 1.20 bits per heavy atom. The highest BCUT2D eigenvalue weighted by molar-refractivity contribution is 6.13. The molecule has 9 aromatic rings. The van der Waals surface area contributed by atoms with Gasteiger partial charge in [0.2, 0.25) is 0 Å². The fourth-order valence-corrected chi connectivity index (χ4v) is 8.19. The van der Waals surface area contributed by atoms with Crippen LogP contribution >= 0.6 is 0 Å². The summed E-state index contributed by atoms with van der Waals surface area (Å²) >= 11 is 0. The third-order valence-corrected chi connectivity index (χ3v) is 11.0. The standard InChI is InChI=1S/C50H33N3O/c1-50(2)43-24-23-33(29-47(43)54-46-25-22-31(30-51)26-44(46)50)32-13-11-14-34(27-32)37-16-5-8-19-40(37)48-41-20-9-10-21-45(41)52-49(53-48)42-28-35-12-3-4-15-36(35)38-17-6-7-18-39(38)42/h3-29H,1-2H3. The van der Waals surface area contributed by atoms with Crippen molar-refractivity contribution in [3.63, 3.8) is 0 Å². The fourth-order valence-electron chi connectivity index (χ4n) is 8.19. The van der Waals surface area contributed by atoms with E-state index in [9.17, 15) is 5.26 Å². The number of benzene rings is 8. The number of fused-ring (bicyclic) bond motifs is 6. The van der Waals surface area contributed by atoms with E-state index >= 15 is 0 Å². The van der Waals surface area contributed by atoms with Gasteiger partial charge < -0.3 is 4.74 Å². The summed E-state index contributed by atoms with van der Waals surface area (Å²) in [5.74, 6) is 2.33. The Bertz CT molecular complexity index is 3030. The van der Waals surface area contributed by atoms with Crippen LogP contribution in [0.1, 0.15) is 30.5 Å². The van der Waals surface area contributed by atoms with Crippen molar-refractivity contribution in [1.82, 2.24) is 9.97 Å². The summed E-state index contributed by atoms with van der Waals surface area (Å²) in [4.78, 5) is 10.6. The van der Waals surface area contributed by atoms with Crippen LogP contribution in [0.15, 0.2) is 164 Å². The van der Waals surface area contributed by atoms with Gasteiger partial charge in [-0.05, 0) is 86.3 Å². The number of hydrogen-bond acceptors (Lipinski definition) is 4. The zero-order valence-electron chi connectivity index (χ0n) is 29.8. The van der Waals surface area contributed by atoms with E-state index in [1.807, 2.05) is 24.3 Å². The summed E-state index contributed by atoms with van der Waals surface area (Å²) in [5, 5.41) is 15.2. The molecule has 10 rings (SSSR count). The Hall–Kier alpha value is -7.09. The van der Waals surface area contributed by atoms with Crippen LogP contribution in [0, 0.1) is 11.3 Å². The molecule has 0 saturated carbocycles. The molecule has 0 spiro atoms. The molecule has 1 aliphatic rings. The maximum atomic E-state index is 9.53. The van der Waals surface area contributed by atoms with Gasteiger partial charge in [-0.2, -0.15) is 5.26 Å². The van der Waals surface area contributed by atoms with Crippen molar-refractivity contribution in [3.8, 4) is 62.5 Å². The largest absolute Gasteiger partial charge is 0.457 e. The lowest BCUT2D eigenvalue weighted by Crippen LogP contribution is -2.24. The number of nitrogens with zero attached hydrogens (tertiary/aromatic N) is 3. The second-order valence-electron chi connectivity index (χ2n) is 14.5. The predicted molar refractivity (Wildman–Crippen MR) is 220 cm³/mol. The van der Waals surface area contributed by atoms with E-state index in [1.54, 1.807) is 0 Å². The van der Waals surface area contributed by atoms with Crippen LogP contribution in [0.2, 0.25) is 0 Å². The van der Waals surface area contributed by atoms with Gasteiger partial charge in [-0.3, -0.25) is 0 Å². The maximum Gasteiger partial charge on any atom is 0.161 e. The molecule has 2 heterocycles. The Morgan fingerprint density at radius 1 is 0.500 bits per heavy atom. The van der Waals surface area contributed by atoms with Crippen molar-refractivity contribution in [2.45, 2.75) is 19.3 Å². The average Bonchev–Trinajstić information content (AvgIpc) is 3.23. The molecule has 254 valence electrons. The second kappa shape index (κ2) is 12.3. The molecule has 4 heteroatoms. The molecule has 0 amide bonds. The molecular weight excluding hydrogens is 659 g/mol. The van der Waals surface area contributed by atoms with Crippen molar-refractivity contribution in [2.24, 2.45) is 0 Å². The van der Waals surface area contributed by atoms with Gasteiger partial charge in [0.15, 0.2) is 5.82 Å². The smallest absolute Gasteiger partial charge is 0.161 e. The van der Waals surface area contributed by atoms with Crippen LogP contribution in [0.3, 0.4) is 0 Å². The summed E-state index contributed by atoms with van der Waals surface area (Å²) in [7, 11) is 0. The Kier molecular flexibility index (Phi) is 7.18. The molecule has 0 unspecified atom stereocenters. The van der Waals surface area contributed by atoms with Gasteiger partial charge in [0.1, 0.15) is 11.5 Å². The van der Waals surface area contributed by atoms with Crippen LogP contribution in [0.5, 0.6) is 11.5 Å². The molecule has 54 heavy (non-hydrogen) atoms. The first kappa shape index (κ1) is 31.6. The van der Waals surface area contributed by atoms with Crippen LogP contribution in [-0.2, 0) is 5.41 Å². The molecule has 0 fully saturated rings. The van der Waals surface area contributed by atoms with Gasteiger partial charge in [0.25, 0.3) is 0 Å². The van der Waals surface area contributed by atoms with Crippen LogP contribution in [-0.4, -0.2) is 9.97 Å². The summed E-state index contributed by atoms with van der Waals surface area (Å²) in [6.45, 7) is 4.38. The first-order valence-electron chi connectivity index (χ1n) is 18.2. The van der Waals surface area contributed by atoms with E-state index < -0.39 is 0 Å². The average molecular weight is 692 g/mol. The number of rotatable bonds is 4. The fraction of sp³-hybridized carbons (Fsp3) is 0.0600. The number of nitriles is 1. The molecule has 4 nitrogen and oxygen atoms in total. The van der Waals surface area contributed by atoms with Gasteiger partial charge in [0, 0.05) is 33.1 Å². The van der Waals surface area contributed by atoms with Crippen molar-refractivity contribution in [1.29, 1.82) is 5.26 Å². The first-order chi connectivity index (χ1) is 26.5. The van der Waals surface area contributed by atoms with E-state index in [0.29, 0.717) is 11.4 Å². The zero-order valence-corrected chi connectivity index (χ0v) is 29.8. The van der Waals surface area contributed by atoms with E-state index in [0.717, 1.165) is 83.4 Å². The Balaban J connectivity index is 1.10. The Morgan fingerprint density at radius 3 is 2.06 bits per heavy atom. The van der Waals surface area contributed by atoms with Gasteiger partial charge in [-0.1, -0.05) is 135 Å². The van der Waals surface area contributed by atoms with Crippen LogP contribution in [0.25, 0.3) is 77.3 Å². The molecule has 1 aliphatic heterocycles.